The van der Waals surface area contributed by atoms with E-state index in [1.54, 1.807) is 31.2 Å². The predicted molar refractivity (Wildman–Crippen MR) is 83.2 cm³/mol. The molecule has 0 bridgehead atoms. The summed E-state index contributed by atoms with van der Waals surface area (Å²) in [5, 5.41) is 0.116. The Kier molecular flexibility index (Phi) is 5.20. The topological polar surface area (TPSA) is 78.3 Å². The average Bonchev–Trinajstić information content (AvgIpc) is 2.49. The van der Waals surface area contributed by atoms with Crippen molar-refractivity contribution in [3.63, 3.8) is 0 Å². The second-order valence-electron chi connectivity index (χ2n) is 4.44. The number of hydrogen-bond donors (Lipinski definition) is 0. The van der Waals surface area contributed by atoms with E-state index in [0.717, 1.165) is 0 Å². The normalized spacial score (nSPS) is 11.4. The van der Waals surface area contributed by atoms with Crippen LogP contribution in [-0.2, 0) is 16.4 Å². The van der Waals surface area contributed by atoms with Crippen molar-refractivity contribution < 1.29 is 13.2 Å². The van der Waals surface area contributed by atoms with Crippen LogP contribution in [0.1, 0.15) is 6.92 Å². The summed E-state index contributed by atoms with van der Waals surface area (Å²) >= 11 is 5.75. The highest BCUT2D eigenvalue weighted by Crippen LogP contribution is 2.15. The molecule has 6 nitrogen and oxygen atoms in total. The molecule has 1 aromatic carbocycles. The molecule has 0 amide bonds. The van der Waals surface area contributed by atoms with Gasteiger partial charge in [-0.3, -0.25) is 4.79 Å². The Hall–Kier alpha value is -1.86. The summed E-state index contributed by atoms with van der Waals surface area (Å²) in [5.74, 6) is 0.178. The van der Waals surface area contributed by atoms with Crippen molar-refractivity contribution in [2.24, 2.45) is 0 Å². The monoisotopic (exact) mass is 342 g/mol. The number of halogens is 1. The van der Waals surface area contributed by atoms with Crippen LogP contribution < -0.4 is 10.3 Å². The van der Waals surface area contributed by atoms with Gasteiger partial charge in [0.15, 0.2) is 0 Å². The van der Waals surface area contributed by atoms with E-state index in [1.165, 1.54) is 17.0 Å². The molecule has 8 heteroatoms. The zero-order chi connectivity index (χ0) is 16.2. The van der Waals surface area contributed by atoms with Crippen molar-refractivity contribution in [1.29, 1.82) is 0 Å². The van der Waals surface area contributed by atoms with Crippen LogP contribution >= 0.6 is 11.6 Å². The van der Waals surface area contributed by atoms with Crippen molar-refractivity contribution in [3.05, 3.63) is 52.0 Å². The number of aryl methyl sites for hydroxylation is 1. The predicted octanol–water partition coefficient (Wildman–Crippen LogP) is 1.77. The van der Waals surface area contributed by atoms with E-state index in [-0.39, 0.29) is 12.4 Å². The largest absolute Gasteiger partial charge is 0.493 e. The Labute approximate surface area is 133 Å². The van der Waals surface area contributed by atoms with E-state index in [4.69, 9.17) is 16.3 Å². The highest BCUT2D eigenvalue weighted by atomic mass is 35.5. The third-order valence-electron chi connectivity index (χ3n) is 2.95. The fraction of sp³-hybridized carbons (Fsp3) is 0.286. The van der Waals surface area contributed by atoms with Crippen LogP contribution in [0.3, 0.4) is 0 Å². The van der Waals surface area contributed by atoms with Crippen LogP contribution in [0.25, 0.3) is 0 Å². The van der Waals surface area contributed by atoms with Gasteiger partial charge in [-0.1, -0.05) is 11.6 Å². The van der Waals surface area contributed by atoms with Gasteiger partial charge >= 0.3 is 0 Å². The first kappa shape index (κ1) is 16.5. The number of ether oxygens (including phenoxy) is 1. The van der Waals surface area contributed by atoms with E-state index >= 15 is 0 Å². The first-order chi connectivity index (χ1) is 10.4. The molecule has 0 saturated heterocycles. The van der Waals surface area contributed by atoms with Crippen LogP contribution in [0, 0.1) is 0 Å². The Morgan fingerprint density at radius 1 is 1.27 bits per heavy atom. The van der Waals surface area contributed by atoms with Gasteiger partial charge in [0.05, 0.1) is 5.75 Å². The summed E-state index contributed by atoms with van der Waals surface area (Å²) in [6.07, 6.45) is 2.75. The molecule has 0 saturated carbocycles. The molecule has 118 valence electrons. The quantitative estimate of drug-likeness (QED) is 0.799. The molecule has 0 aliphatic carbocycles. The zero-order valence-corrected chi connectivity index (χ0v) is 13.5. The molecule has 1 aromatic heterocycles. The van der Waals surface area contributed by atoms with E-state index in [1.807, 2.05) is 0 Å². The molecule has 0 spiro atoms. The molecule has 0 radical (unpaired) electrons. The second-order valence-corrected chi connectivity index (χ2v) is 6.91. The zero-order valence-electron chi connectivity index (χ0n) is 11.9. The summed E-state index contributed by atoms with van der Waals surface area (Å²) in [6, 6.07) is 6.56. The molecular weight excluding hydrogens is 328 g/mol. The SMILES string of the molecule is CCn1ccnc(S(=O)(=O)CCOc2ccc(Cl)cc2)c1=O. The van der Waals surface area contributed by atoms with Gasteiger partial charge in [0.1, 0.15) is 12.4 Å². The minimum Gasteiger partial charge on any atom is -0.493 e. The smallest absolute Gasteiger partial charge is 0.288 e. The van der Waals surface area contributed by atoms with Gasteiger partial charge in [0.25, 0.3) is 5.56 Å². The van der Waals surface area contributed by atoms with Crippen molar-refractivity contribution in [2.75, 3.05) is 12.4 Å². The number of rotatable bonds is 6. The Morgan fingerprint density at radius 3 is 2.59 bits per heavy atom. The maximum Gasteiger partial charge on any atom is 0.288 e. The van der Waals surface area contributed by atoms with Crippen LogP contribution in [0.4, 0.5) is 0 Å². The number of nitrogens with zero attached hydrogens (tertiary/aromatic N) is 2. The molecule has 0 fully saturated rings. The Bertz CT molecular complexity index is 800. The summed E-state index contributed by atoms with van der Waals surface area (Å²) in [6.45, 7) is 2.05. The highest BCUT2D eigenvalue weighted by Gasteiger charge is 2.21. The molecule has 0 aliphatic rings. The molecule has 0 N–H and O–H groups in total. The molecule has 2 rings (SSSR count). The molecule has 1 heterocycles. The number of benzene rings is 1. The van der Waals surface area contributed by atoms with Crippen LogP contribution in [0.2, 0.25) is 5.02 Å². The standard InChI is InChI=1S/C14H15ClN2O4S/c1-2-17-8-7-16-13(14(17)18)22(19,20)10-9-21-12-5-3-11(15)4-6-12/h3-8H,2,9-10H2,1H3. The van der Waals surface area contributed by atoms with Gasteiger partial charge in [-0.15, -0.1) is 0 Å². The first-order valence-electron chi connectivity index (χ1n) is 6.60. The lowest BCUT2D eigenvalue weighted by Gasteiger charge is -2.08. The molecular formula is C14H15ClN2O4S. The van der Waals surface area contributed by atoms with E-state index in [0.29, 0.717) is 17.3 Å². The van der Waals surface area contributed by atoms with Crippen molar-refractivity contribution in [2.45, 2.75) is 18.5 Å². The van der Waals surface area contributed by atoms with Crippen LogP contribution in [0.5, 0.6) is 5.75 Å². The second kappa shape index (κ2) is 6.93. The van der Waals surface area contributed by atoms with Gasteiger partial charge in [0, 0.05) is 24.0 Å². The third-order valence-corrected chi connectivity index (χ3v) is 4.78. The minimum atomic E-state index is -3.80. The highest BCUT2D eigenvalue weighted by molar-refractivity contribution is 7.91. The maximum atomic E-state index is 12.2. The summed E-state index contributed by atoms with van der Waals surface area (Å²) < 4.78 is 31.0. The van der Waals surface area contributed by atoms with E-state index in [2.05, 4.69) is 4.98 Å². The number of aromatic nitrogens is 2. The molecule has 0 unspecified atom stereocenters. The van der Waals surface area contributed by atoms with Crippen molar-refractivity contribution in [3.8, 4) is 5.75 Å². The lowest BCUT2D eigenvalue weighted by Crippen LogP contribution is -2.29. The number of sulfone groups is 1. The van der Waals surface area contributed by atoms with Crippen LogP contribution in [-0.4, -0.2) is 30.3 Å². The van der Waals surface area contributed by atoms with Gasteiger partial charge in [-0.05, 0) is 31.2 Å². The molecule has 0 aliphatic heterocycles. The molecule has 2 aromatic rings. The Balaban J connectivity index is 2.08. The van der Waals surface area contributed by atoms with Gasteiger partial charge < -0.3 is 9.30 Å². The van der Waals surface area contributed by atoms with Crippen LogP contribution in [0.15, 0.2) is 46.5 Å². The summed E-state index contributed by atoms with van der Waals surface area (Å²) in [5.41, 5.74) is -0.614. The number of hydrogen-bond acceptors (Lipinski definition) is 5. The summed E-state index contributed by atoms with van der Waals surface area (Å²) in [7, 11) is -3.80. The fourth-order valence-electron chi connectivity index (χ4n) is 1.79. The van der Waals surface area contributed by atoms with Crippen molar-refractivity contribution in [1.82, 2.24) is 9.55 Å². The van der Waals surface area contributed by atoms with E-state index < -0.39 is 20.4 Å². The molecule has 22 heavy (non-hydrogen) atoms. The Morgan fingerprint density at radius 2 is 1.95 bits per heavy atom. The third kappa shape index (κ3) is 3.86. The summed E-state index contributed by atoms with van der Waals surface area (Å²) in [4.78, 5) is 15.7. The van der Waals surface area contributed by atoms with Gasteiger partial charge in [-0.25, -0.2) is 13.4 Å². The fourth-order valence-corrected chi connectivity index (χ4v) is 3.01. The molecule has 0 atom stereocenters. The first-order valence-corrected chi connectivity index (χ1v) is 8.63. The lowest BCUT2D eigenvalue weighted by atomic mass is 10.3. The van der Waals surface area contributed by atoms with Gasteiger partial charge in [-0.2, -0.15) is 0 Å². The van der Waals surface area contributed by atoms with E-state index in [9.17, 15) is 13.2 Å². The maximum absolute atomic E-state index is 12.2. The lowest BCUT2D eigenvalue weighted by molar-refractivity contribution is 0.340. The average molecular weight is 343 g/mol. The van der Waals surface area contributed by atoms with Gasteiger partial charge in [0.2, 0.25) is 14.9 Å². The minimum absolute atomic E-state index is 0.0773. The van der Waals surface area contributed by atoms with Crippen molar-refractivity contribution >= 4 is 21.4 Å².